The minimum atomic E-state index is -1.43. The molecule has 0 spiro atoms. The molecule has 2 aliphatic rings. The van der Waals surface area contributed by atoms with E-state index >= 15 is 0 Å². The van der Waals surface area contributed by atoms with Gasteiger partial charge in [0, 0.05) is 33.8 Å². The summed E-state index contributed by atoms with van der Waals surface area (Å²) in [5, 5.41) is 10.3. The summed E-state index contributed by atoms with van der Waals surface area (Å²) in [6, 6.07) is 8.74. The Morgan fingerprint density at radius 2 is 2.03 bits per heavy atom. The number of aliphatic hydroxyl groups is 1. The van der Waals surface area contributed by atoms with Gasteiger partial charge in [0.1, 0.15) is 11.5 Å². The number of primary amides is 1. The van der Waals surface area contributed by atoms with Gasteiger partial charge in [0.15, 0.2) is 0 Å². The Morgan fingerprint density at radius 3 is 2.76 bits per heavy atom. The Hall–Kier alpha value is -3.80. The maximum atomic E-state index is 13.1. The Balaban J connectivity index is 1.27. The summed E-state index contributed by atoms with van der Waals surface area (Å²) in [7, 11) is 0. The van der Waals surface area contributed by atoms with E-state index in [0.29, 0.717) is 39.4 Å². The van der Waals surface area contributed by atoms with E-state index in [0.717, 1.165) is 27.1 Å². The van der Waals surface area contributed by atoms with Crippen LogP contribution < -0.4 is 10.5 Å². The number of fused-ring (bicyclic) bond motifs is 2. The Kier molecular flexibility index (Phi) is 5.93. The zero-order valence-corrected chi connectivity index (χ0v) is 21.9. The number of hydrogen-bond donors (Lipinski definition) is 2. The van der Waals surface area contributed by atoms with Crippen molar-refractivity contribution < 1.29 is 29.0 Å². The van der Waals surface area contributed by atoms with E-state index in [2.05, 4.69) is 4.98 Å². The third kappa shape index (κ3) is 4.12. The summed E-state index contributed by atoms with van der Waals surface area (Å²) in [4.78, 5) is 45.0. The summed E-state index contributed by atoms with van der Waals surface area (Å²) >= 11 is 2.73. The normalized spacial score (nSPS) is 17.7. The number of nitrogens with zero attached hydrogens (tertiary/aromatic N) is 2. The molecule has 1 fully saturated rings. The Labute approximate surface area is 225 Å². The number of aryl methyl sites for hydroxylation is 1. The van der Waals surface area contributed by atoms with Crippen molar-refractivity contribution in [1.29, 1.82) is 0 Å². The number of esters is 1. The van der Waals surface area contributed by atoms with E-state index < -0.39 is 17.5 Å². The van der Waals surface area contributed by atoms with E-state index in [1.807, 2.05) is 13.0 Å². The highest BCUT2D eigenvalue weighted by molar-refractivity contribution is 7.21. The molecule has 4 aromatic rings. The van der Waals surface area contributed by atoms with Crippen molar-refractivity contribution in [2.24, 2.45) is 5.73 Å². The van der Waals surface area contributed by atoms with Crippen molar-refractivity contribution in [2.75, 3.05) is 13.2 Å². The molecule has 1 atom stereocenters. The lowest BCUT2D eigenvalue weighted by Crippen LogP contribution is -2.37. The van der Waals surface area contributed by atoms with Crippen molar-refractivity contribution in [1.82, 2.24) is 9.88 Å². The zero-order valence-electron chi connectivity index (χ0n) is 20.3. The number of ether oxygens (including phenoxy) is 2. The maximum absolute atomic E-state index is 13.1. The first-order valence-electron chi connectivity index (χ1n) is 12.0. The van der Waals surface area contributed by atoms with E-state index in [1.54, 1.807) is 35.4 Å². The average Bonchev–Trinajstić information content (AvgIpc) is 3.22. The number of benzene rings is 1. The smallest absolute Gasteiger partial charge is 0.341 e. The maximum Gasteiger partial charge on any atom is 0.341 e. The first kappa shape index (κ1) is 24.5. The lowest BCUT2D eigenvalue weighted by atomic mass is 10.1. The van der Waals surface area contributed by atoms with E-state index in [-0.39, 0.29) is 18.6 Å². The molecule has 1 saturated heterocycles. The molecule has 0 radical (unpaired) electrons. The second-order valence-corrected chi connectivity index (χ2v) is 11.6. The zero-order chi connectivity index (χ0) is 26.6. The van der Waals surface area contributed by atoms with Crippen LogP contribution in [0.15, 0.2) is 48.7 Å². The van der Waals surface area contributed by atoms with Crippen LogP contribution in [-0.4, -0.2) is 57.6 Å². The number of carbonyl (C=O) groups excluding carboxylic acids is 3. The Morgan fingerprint density at radius 1 is 1.21 bits per heavy atom. The molecule has 4 heterocycles. The minimum absolute atomic E-state index is 0.0454. The Bertz CT molecular complexity index is 1650. The van der Waals surface area contributed by atoms with Crippen LogP contribution in [0.4, 0.5) is 0 Å². The molecule has 0 bridgehead atoms. The van der Waals surface area contributed by atoms with Gasteiger partial charge in [-0.2, -0.15) is 0 Å². The number of carbonyl (C=O) groups is 3. The number of aliphatic hydroxyl groups excluding tert-OH is 1. The SMILES string of the molecule is Cc1sc2cc(Oc3ccnc4cc(C(=O)N5CCCC5CO)sc34)ccc2c1C(=O)OC1(C(N)=O)C=C1. The first-order chi connectivity index (χ1) is 18.3. The first-order valence-corrected chi connectivity index (χ1v) is 13.7. The second kappa shape index (κ2) is 9.19. The number of likely N-dealkylation sites (tertiary alicyclic amines) is 1. The number of rotatable bonds is 7. The molecule has 11 heteroatoms. The number of hydrogen-bond acceptors (Lipinski definition) is 9. The quantitative estimate of drug-likeness (QED) is 0.261. The van der Waals surface area contributed by atoms with Gasteiger partial charge in [0.2, 0.25) is 5.60 Å². The van der Waals surface area contributed by atoms with Gasteiger partial charge in [0.25, 0.3) is 11.8 Å². The molecule has 1 aliphatic carbocycles. The standard InChI is InChI=1S/C27H23N3O6S2/c1-14-22(25(33)36-27(7-8-27)26(28)34)17-5-4-16(11-20(17)37-14)35-19-6-9-29-18-12-21(38-23(18)19)24(32)30-10-2-3-15(30)13-31/h4-9,11-12,15,31H,2-3,10,13H2,1H3,(H2,28,34). The second-order valence-electron chi connectivity index (χ2n) is 9.28. The molecule has 3 N–H and O–H groups in total. The van der Waals surface area contributed by atoms with Crippen molar-refractivity contribution >= 4 is 60.8 Å². The van der Waals surface area contributed by atoms with Crippen LogP contribution in [0.1, 0.15) is 37.7 Å². The molecule has 2 amide bonds. The summed E-state index contributed by atoms with van der Waals surface area (Å²) in [5.74, 6) is -0.321. The van der Waals surface area contributed by atoms with Crippen LogP contribution in [0.2, 0.25) is 0 Å². The molecule has 0 saturated carbocycles. The van der Waals surface area contributed by atoms with Crippen LogP contribution in [-0.2, 0) is 9.53 Å². The molecule has 9 nitrogen and oxygen atoms in total. The molecule has 6 rings (SSSR count). The van der Waals surface area contributed by atoms with Crippen LogP contribution in [0, 0.1) is 6.92 Å². The van der Waals surface area contributed by atoms with Crippen LogP contribution >= 0.6 is 22.7 Å². The lowest BCUT2D eigenvalue weighted by Gasteiger charge is -2.22. The average molecular weight is 550 g/mol. The minimum Gasteiger partial charge on any atom is -0.456 e. The highest BCUT2D eigenvalue weighted by Gasteiger charge is 2.45. The summed E-state index contributed by atoms with van der Waals surface area (Å²) in [6.07, 6.45) is 6.22. The van der Waals surface area contributed by atoms with Gasteiger partial charge in [-0.15, -0.1) is 22.7 Å². The van der Waals surface area contributed by atoms with Gasteiger partial charge in [-0.25, -0.2) is 4.79 Å². The van der Waals surface area contributed by atoms with Crippen molar-refractivity contribution in [3.05, 3.63) is 64.0 Å². The third-order valence-electron chi connectivity index (χ3n) is 6.82. The van der Waals surface area contributed by atoms with Gasteiger partial charge in [-0.1, -0.05) is 0 Å². The fourth-order valence-electron chi connectivity index (χ4n) is 4.74. The number of amides is 2. The fraction of sp³-hybridized carbons (Fsp3) is 0.259. The summed E-state index contributed by atoms with van der Waals surface area (Å²) in [5.41, 5.74) is 4.97. The monoisotopic (exact) mass is 549 g/mol. The largest absolute Gasteiger partial charge is 0.456 e. The van der Waals surface area contributed by atoms with Gasteiger partial charge < -0.3 is 25.2 Å². The summed E-state index contributed by atoms with van der Waals surface area (Å²) < 4.78 is 13.2. The fourth-order valence-corrected chi connectivity index (χ4v) is 6.84. The van der Waals surface area contributed by atoms with Gasteiger partial charge in [-0.3, -0.25) is 14.6 Å². The molecule has 1 unspecified atom stereocenters. The van der Waals surface area contributed by atoms with Crippen LogP contribution in [0.25, 0.3) is 20.3 Å². The van der Waals surface area contributed by atoms with Crippen LogP contribution in [0.5, 0.6) is 11.5 Å². The van der Waals surface area contributed by atoms with Crippen molar-refractivity contribution in [2.45, 2.75) is 31.4 Å². The molecule has 1 aliphatic heterocycles. The molecule has 38 heavy (non-hydrogen) atoms. The molecule has 1 aromatic carbocycles. The molecule has 194 valence electrons. The number of thiophene rings is 2. The highest BCUT2D eigenvalue weighted by Crippen LogP contribution is 2.40. The molecule has 3 aromatic heterocycles. The van der Waals surface area contributed by atoms with Crippen molar-refractivity contribution in [3.8, 4) is 11.5 Å². The summed E-state index contributed by atoms with van der Waals surface area (Å²) in [6.45, 7) is 2.40. The molecular weight excluding hydrogens is 526 g/mol. The number of pyridine rings is 1. The highest BCUT2D eigenvalue weighted by atomic mass is 32.1. The lowest BCUT2D eigenvalue weighted by molar-refractivity contribution is -0.127. The van der Waals surface area contributed by atoms with E-state index in [9.17, 15) is 19.5 Å². The van der Waals surface area contributed by atoms with Crippen molar-refractivity contribution in [3.63, 3.8) is 0 Å². The number of nitrogens with two attached hydrogens (primary N) is 1. The van der Waals surface area contributed by atoms with Gasteiger partial charge >= 0.3 is 5.97 Å². The van der Waals surface area contributed by atoms with E-state index in [4.69, 9.17) is 15.2 Å². The van der Waals surface area contributed by atoms with Crippen LogP contribution in [0.3, 0.4) is 0 Å². The predicted octanol–water partition coefficient (Wildman–Crippen LogP) is 4.16. The third-order valence-corrected chi connectivity index (χ3v) is 9.02. The number of aromatic nitrogens is 1. The predicted molar refractivity (Wildman–Crippen MR) is 144 cm³/mol. The molecular formula is C27H23N3O6S2. The topological polar surface area (TPSA) is 132 Å². The van der Waals surface area contributed by atoms with Gasteiger partial charge in [0.05, 0.1) is 33.3 Å². The van der Waals surface area contributed by atoms with E-state index in [1.165, 1.54) is 34.8 Å². The van der Waals surface area contributed by atoms with Gasteiger partial charge in [-0.05, 0) is 56.2 Å².